The Hall–Kier alpha value is -0.820. The fraction of sp³-hybridized carbons (Fsp3) is 0.500. The molecule has 1 nitrogen and oxygen atoms in total. The van der Waals surface area contributed by atoms with Crippen molar-refractivity contribution in [3.63, 3.8) is 0 Å². The molecule has 0 saturated carbocycles. The fourth-order valence-corrected chi connectivity index (χ4v) is 2.26. The maximum Gasteiger partial charge on any atom is 0.0322 e. The lowest BCUT2D eigenvalue weighted by molar-refractivity contribution is 0.209. The quantitative estimate of drug-likeness (QED) is 0.634. The van der Waals surface area contributed by atoms with Crippen molar-refractivity contribution < 1.29 is 0 Å². The minimum atomic E-state index is 0.606. The molecule has 1 aromatic carbocycles. The molecular formula is C12H17N. The Bertz CT molecular complexity index is 293. The second-order valence-corrected chi connectivity index (χ2v) is 3.75. The first-order chi connectivity index (χ1) is 6.33. The lowest BCUT2D eigenvalue weighted by Gasteiger charge is -2.34. The van der Waals surface area contributed by atoms with Crippen LogP contribution in [0.3, 0.4) is 0 Å². The van der Waals surface area contributed by atoms with E-state index in [2.05, 4.69) is 43.0 Å². The van der Waals surface area contributed by atoms with Gasteiger partial charge in [-0.05, 0) is 31.0 Å². The minimum absolute atomic E-state index is 0.606. The van der Waals surface area contributed by atoms with Gasteiger partial charge in [-0.1, -0.05) is 31.2 Å². The van der Waals surface area contributed by atoms with Gasteiger partial charge in [0.15, 0.2) is 0 Å². The maximum atomic E-state index is 2.53. The average Bonchev–Trinajstić information content (AvgIpc) is 2.19. The first kappa shape index (κ1) is 8.76. The van der Waals surface area contributed by atoms with E-state index in [0.29, 0.717) is 6.04 Å². The van der Waals surface area contributed by atoms with Crippen LogP contribution in [0.25, 0.3) is 0 Å². The molecule has 70 valence electrons. The minimum Gasteiger partial charge on any atom is -0.297 e. The Balaban J connectivity index is 2.33. The van der Waals surface area contributed by atoms with Crippen molar-refractivity contribution in [3.8, 4) is 0 Å². The Morgan fingerprint density at radius 2 is 2.15 bits per heavy atom. The Labute approximate surface area is 80.4 Å². The summed E-state index contributed by atoms with van der Waals surface area (Å²) in [5.74, 6) is 0. The van der Waals surface area contributed by atoms with Crippen LogP contribution in [0, 0.1) is 0 Å². The van der Waals surface area contributed by atoms with Crippen LogP contribution in [0.2, 0.25) is 0 Å². The van der Waals surface area contributed by atoms with Crippen LogP contribution in [0.5, 0.6) is 0 Å². The summed E-state index contributed by atoms with van der Waals surface area (Å²) in [7, 11) is 0. The Kier molecular flexibility index (Phi) is 2.36. The molecule has 0 spiro atoms. The normalized spacial score (nSPS) is 22.8. The van der Waals surface area contributed by atoms with Gasteiger partial charge >= 0.3 is 0 Å². The zero-order chi connectivity index (χ0) is 9.26. The maximum absolute atomic E-state index is 2.53. The van der Waals surface area contributed by atoms with Crippen LogP contribution < -0.4 is 0 Å². The van der Waals surface area contributed by atoms with Gasteiger partial charge in [0.1, 0.15) is 0 Å². The van der Waals surface area contributed by atoms with Gasteiger partial charge in [0.05, 0.1) is 0 Å². The van der Waals surface area contributed by atoms with Crippen LogP contribution in [0.1, 0.15) is 31.0 Å². The van der Waals surface area contributed by atoms with E-state index in [-0.39, 0.29) is 0 Å². The first-order valence-corrected chi connectivity index (χ1v) is 5.14. The molecular weight excluding hydrogens is 158 g/mol. The van der Waals surface area contributed by atoms with Crippen molar-refractivity contribution in [2.24, 2.45) is 0 Å². The number of hydrogen-bond acceptors (Lipinski definition) is 1. The molecule has 0 N–H and O–H groups in total. The van der Waals surface area contributed by atoms with Gasteiger partial charge in [-0.3, -0.25) is 4.90 Å². The highest BCUT2D eigenvalue weighted by Crippen LogP contribution is 2.28. The van der Waals surface area contributed by atoms with Crippen molar-refractivity contribution >= 4 is 0 Å². The lowest BCUT2D eigenvalue weighted by atomic mass is 9.94. The smallest absolute Gasteiger partial charge is 0.0322 e. The third-order valence-corrected chi connectivity index (χ3v) is 3.13. The molecule has 0 saturated heterocycles. The number of likely N-dealkylation sites (N-methyl/N-ethyl adjacent to an activating group) is 1. The predicted molar refractivity (Wildman–Crippen MR) is 55.8 cm³/mol. The van der Waals surface area contributed by atoms with Crippen LogP contribution in [-0.4, -0.2) is 18.0 Å². The van der Waals surface area contributed by atoms with E-state index in [1.54, 1.807) is 5.56 Å². The van der Waals surface area contributed by atoms with Gasteiger partial charge in [0, 0.05) is 12.6 Å². The summed E-state index contributed by atoms with van der Waals surface area (Å²) in [5, 5.41) is 0. The molecule has 0 aliphatic carbocycles. The highest BCUT2D eigenvalue weighted by atomic mass is 15.1. The van der Waals surface area contributed by atoms with E-state index in [4.69, 9.17) is 0 Å². The van der Waals surface area contributed by atoms with E-state index in [9.17, 15) is 0 Å². The van der Waals surface area contributed by atoms with Gasteiger partial charge in [0.2, 0.25) is 0 Å². The molecule has 0 radical (unpaired) electrons. The van der Waals surface area contributed by atoms with Crippen molar-refractivity contribution in [2.75, 3.05) is 13.1 Å². The molecule has 0 unspecified atom stereocenters. The molecule has 1 aliphatic rings. The Morgan fingerprint density at radius 3 is 2.92 bits per heavy atom. The largest absolute Gasteiger partial charge is 0.297 e. The van der Waals surface area contributed by atoms with E-state index >= 15 is 0 Å². The third-order valence-electron chi connectivity index (χ3n) is 3.13. The van der Waals surface area contributed by atoms with Crippen LogP contribution in [0.15, 0.2) is 24.3 Å². The van der Waals surface area contributed by atoms with Crippen molar-refractivity contribution in [3.05, 3.63) is 35.4 Å². The highest BCUT2D eigenvalue weighted by Gasteiger charge is 2.21. The average molecular weight is 175 g/mol. The standard InChI is InChI=1S/C12H17N/c1-3-13-9-8-11-6-4-5-7-12(11)10(13)2/h4-7,10H,3,8-9H2,1-2H3/t10-/m1/s1. The SMILES string of the molecule is CCN1CCc2ccccc2[C@H]1C. The van der Waals surface area contributed by atoms with E-state index in [0.717, 1.165) is 6.54 Å². The molecule has 0 fully saturated rings. The van der Waals surface area contributed by atoms with Crippen molar-refractivity contribution in [1.29, 1.82) is 0 Å². The summed E-state index contributed by atoms with van der Waals surface area (Å²) < 4.78 is 0. The van der Waals surface area contributed by atoms with Gasteiger partial charge in [0.25, 0.3) is 0 Å². The summed E-state index contributed by atoms with van der Waals surface area (Å²) in [6, 6.07) is 9.43. The predicted octanol–water partition coefficient (Wildman–Crippen LogP) is 2.63. The van der Waals surface area contributed by atoms with Crippen LogP contribution in [-0.2, 0) is 6.42 Å². The van der Waals surface area contributed by atoms with Gasteiger partial charge in [-0.15, -0.1) is 0 Å². The lowest BCUT2D eigenvalue weighted by Crippen LogP contribution is -2.33. The summed E-state index contributed by atoms with van der Waals surface area (Å²) in [6.45, 7) is 6.93. The summed E-state index contributed by atoms with van der Waals surface area (Å²) in [5.41, 5.74) is 3.07. The summed E-state index contributed by atoms with van der Waals surface area (Å²) in [6.07, 6.45) is 1.22. The number of nitrogens with zero attached hydrogens (tertiary/aromatic N) is 1. The molecule has 0 amide bonds. The molecule has 1 heteroatoms. The number of rotatable bonds is 1. The van der Waals surface area contributed by atoms with Gasteiger partial charge < -0.3 is 0 Å². The van der Waals surface area contributed by atoms with Crippen LogP contribution in [0.4, 0.5) is 0 Å². The van der Waals surface area contributed by atoms with E-state index in [1.807, 2.05) is 0 Å². The topological polar surface area (TPSA) is 3.24 Å². The fourth-order valence-electron chi connectivity index (χ4n) is 2.26. The third kappa shape index (κ3) is 1.49. The molecule has 1 heterocycles. The number of benzene rings is 1. The summed E-state index contributed by atoms with van der Waals surface area (Å²) in [4.78, 5) is 2.53. The molecule has 13 heavy (non-hydrogen) atoms. The van der Waals surface area contributed by atoms with Gasteiger partial charge in [-0.2, -0.15) is 0 Å². The van der Waals surface area contributed by atoms with Crippen molar-refractivity contribution in [2.45, 2.75) is 26.3 Å². The molecule has 1 aliphatic heterocycles. The van der Waals surface area contributed by atoms with Crippen LogP contribution >= 0.6 is 0 Å². The monoisotopic (exact) mass is 175 g/mol. The summed E-state index contributed by atoms with van der Waals surface area (Å²) >= 11 is 0. The number of fused-ring (bicyclic) bond motifs is 1. The Morgan fingerprint density at radius 1 is 1.38 bits per heavy atom. The molecule has 0 bridgehead atoms. The zero-order valence-electron chi connectivity index (χ0n) is 8.46. The zero-order valence-corrected chi connectivity index (χ0v) is 8.46. The first-order valence-electron chi connectivity index (χ1n) is 5.14. The van der Waals surface area contributed by atoms with E-state index in [1.165, 1.54) is 18.5 Å². The number of hydrogen-bond donors (Lipinski definition) is 0. The second kappa shape index (κ2) is 3.51. The molecule has 1 aromatic rings. The molecule has 2 rings (SSSR count). The molecule has 0 aromatic heterocycles. The van der Waals surface area contributed by atoms with Gasteiger partial charge in [-0.25, -0.2) is 0 Å². The highest BCUT2D eigenvalue weighted by molar-refractivity contribution is 5.31. The van der Waals surface area contributed by atoms with E-state index < -0.39 is 0 Å². The second-order valence-electron chi connectivity index (χ2n) is 3.75. The molecule has 1 atom stereocenters. The van der Waals surface area contributed by atoms with Crippen molar-refractivity contribution in [1.82, 2.24) is 4.90 Å².